The highest BCUT2D eigenvalue weighted by Crippen LogP contribution is 2.26. The van der Waals surface area contributed by atoms with Crippen LogP contribution in [0.4, 0.5) is 14.5 Å². The van der Waals surface area contributed by atoms with Crippen molar-refractivity contribution < 1.29 is 8.78 Å². The van der Waals surface area contributed by atoms with E-state index in [0.717, 1.165) is 5.56 Å². The summed E-state index contributed by atoms with van der Waals surface area (Å²) in [6, 6.07) is 7.19. The standard InChI is InChI=1S/C10H12ClF2N/c1-7(11)8-4-2-3-5-9(8)14-6-10(12)13/h2-5,7,10,14H,6H2,1H3. The molecule has 0 spiro atoms. The number of halogens is 3. The highest BCUT2D eigenvalue weighted by Gasteiger charge is 2.08. The summed E-state index contributed by atoms with van der Waals surface area (Å²) >= 11 is 5.90. The Kier molecular flexibility index (Phi) is 4.14. The van der Waals surface area contributed by atoms with E-state index in [2.05, 4.69) is 5.32 Å². The summed E-state index contributed by atoms with van der Waals surface area (Å²) in [5, 5.41) is 2.48. The van der Waals surface area contributed by atoms with Crippen LogP contribution in [0.2, 0.25) is 0 Å². The van der Waals surface area contributed by atoms with Crippen molar-refractivity contribution in [1.82, 2.24) is 0 Å². The summed E-state index contributed by atoms with van der Waals surface area (Å²) in [6.07, 6.45) is -2.35. The molecule has 1 atom stereocenters. The second-order valence-electron chi connectivity index (χ2n) is 2.98. The molecule has 1 aromatic rings. The van der Waals surface area contributed by atoms with Crippen LogP contribution in [0.5, 0.6) is 0 Å². The molecular weight excluding hydrogens is 208 g/mol. The molecule has 0 bridgehead atoms. The smallest absolute Gasteiger partial charge is 0.255 e. The highest BCUT2D eigenvalue weighted by molar-refractivity contribution is 6.21. The lowest BCUT2D eigenvalue weighted by molar-refractivity contribution is 0.163. The molecule has 0 aromatic heterocycles. The Morgan fingerprint density at radius 1 is 1.36 bits per heavy atom. The number of rotatable bonds is 4. The van der Waals surface area contributed by atoms with Gasteiger partial charge in [-0.1, -0.05) is 18.2 Å². The van der Waals surface area contributed by atoms with Gasteiger partial charge in [-0.3, -0.25) is 0 Å². The van der Waals surface area contributed by atoms with Crippen molar-refractivity contribution in [3.05, 3.63) is 29.8 Å². The molecule has 1 unspecified atom stereocenters. The molecule has 0 fully saturated rings. The average Bonchev–Trinajstić information content (AvgIpc) is 2.15. The Morgan fingerprint density at radius 3 is 2.57 bits per heavy atom. The van der Waals surface area contributed by atoms with Gasteiger partial charge in [0.05, 0.1) is 11.9 Å². The molecule has 0 aliphatic rings. The minimum absolute atomic E-state index is 0.184. The van der Waals surface area contributed by atoms with E-state index >= 15 is 0 Å². The van der Waals surface area contributed by atoms with Gasteiger partial charge in [0.15, 0.2) is 0 Å². The molecule has 1 N–H and O–H groups in total. The number of hydrogen-bond acceptors (Lipinski definition) is 1. The van der Waals surface area contributed by atoms with Crippen molar-refractivity contribution in [2.24, 2.45) is 0 Å². The van der Waals surface area contributed by atoms with Gasteiger partial charge in [0.25, 0.3) is 6.43 Å². The maximum atomic E-state index is 12.0. The van der Waals surface area contributed by atoms with Gasteiger partial charge in [-0.15, -0.1) is 11.6 Å². The van der Waals surface area contributed by atoms with Gasteiger partial charge in [0, 0.05) is 5.69 Å². The molecule has 0 saturated heterocycles. The zero-order chi connectivity index (χ0) is 10.6. The minimum Gasteiger partial charge on any atom is -0.379 e. The quantitative estimate of drug-likeness (QED) is 0.762. The zero-order valence-corrected chi connectivity index (χ0v) is 8.56. The summed E-state index contributed by atoms with van der Waals surface area (Å²) in [7, 11) is 0. The summed E-state index contributed by atoms with van der Waals surface area (Å²) < 4.78 is 23.9. The predicted octanol–water partition coefficient (Wildman–Crippen LogP) is 3.66. The fourth-order valence-corrected chi connectivity index (χ4v) is 1.38. The molecule has 1 nitrogen and oxygen atoms in total. The molecule has 0 aliphatic carbocycles. The third-order valence-electron chi connectivity index (χ3n) is 1.84. The second-order valence-corrected chi connectivity index (χ2v) is 3.63. The van der Waals surface area contributed by atoms with Gasteiger partial charge in [0.1, 0.15) is 0 Å². The number of alkyl halides is 3. The SMILES string of the molecule is CC(Cl)c1ccccc1NCC(F)F. The van der Waals surface area contributed by atoms with Crippen LogP contribution >= 0.6 is 11.6 Å². The van der Waals surface area contributed by atoms with Gasteiger partial charge in [-0.2, -0.15) is 0 Å². The molecule has 1 aromatic carbocycles. The molecule has 78 valence electrons. The van der Waals surface area contributed by atoms with Crippen molar-refractivity contribution in [3.8, 4) is 0 Å². The van der Waals surface area contributed by atoms with Crippen molar-refractivity contribution in [2.75, 3.05) is 11.9 Å². The Morgan fingerprint density at radius 2 is 2.00 bits per heavy atom. The van der Waals surface area contributed by atoms with Crippen molar-refractivity contribution in [2.45, 2.75) is 18.7 Å². The summed E-state index contributed by atoms with van der Waals surface area (Å²) in [4.78, 5) is 0. The first kappa shape index (κ1) is 11.2. The van der Waals surface area contributed by atoms with Crippen LogP contribution < -0.4 is 5.32 Å². The fraction of sp³-hybridized carbons (Fsp3) is 0.400. The normalized spacial score (nSPS) is 12.9. The van der Waals surface area contributed by atoms with E-state index in [0.29, 0.717) is 5.69 Å². The molecule has 0 saturated carbocycles. The maximum absolute atomic E-state index is 12.0. The molecule has 4 heteroatoms. The first-order chi connectivity index (χ1) is 6.61. The van der Waals surface area contributed by atoms with Crippen LogP contribution in [0.15, 0.2) is 24.3 Å². The largest absolute Gasteiger partial charge is 0.379 e. The molecule has 0 amide bonds. The van der Waals surface area contributed by atoms with Crippen LogP contribution in [0.1, 0.15) is 17.9 Å². The third kappa shape index (κ3) is 3.14. The summed E-state index contributed by atoms with van der Waals surface area (Å²) in [6.45, 7) is 1.46. The Bertz CT molecular complexity index is 289. The van der Waals surface area contributed by atoms with Gasteiger partial charge in [-0.25, -0.2) is 8.78 Å². The van der Waals surface area contributed by atoms with E-state index in [-0.39, 0.29) is 11.9 Å². The van der Waals surface area contributed by atoms with Crippen LogP contribution in [-0.2, 0) is 0 Å². The summed E-state index contributed by atoms with van der Waals surface area (Å²) in [5.41, 5.74) is 1.52. The molecule has 0 radical (unpaired) electrons. The van der Waals surface area contributed by atoms with E-state index in [1.165, 1.54) is 0 Å². The first-order valence-corrected chi connectivity index (χ1v) is 4.80. The Balaban J connectivity index is 2.74. The van der Waals surface area contributed by atoms with Crippen molar-refractivity contribution in [1.29, 1.82) is 0 Å². The van der Waals surface area contributed by atoms with E-state index in [4.69, 9.17) is 11.6 Å². The van der Waals surface area contributed by atoms with Crippen molar-refractivity contribution in [3.63, 3.8) is 0 Å². The Labute approximate surface area is 87.1 Å². The third-order valence-corrected chi connectivity index (χ3v) is 2.07. The van der Waals surface area contributed by atoms with E-state index in [1.807, 2.05) is 19.1 Å². The lowest BCUT2D eigenvalue weighted by Crippen LogP contribution is -2.11. The molecule has 14 heavy (non-hydrogen) atoms. The van der Waals surface area contributed by atoms with Gasteiger partial charge in [-0.05, 0) is 18.6 Å². The van der Waals surface area contributed by atoms with Gasteiger partial charge < -0.3 is 5.32 Å². The van der Waals surface area contributed by atoms with E-state index in [9.17, 15) is 8.78 Å². The maximum Gasteiger partial charge on any atom is 0.255 e. The second kappa shape index (κ2) is 5.15. The summed E-state index contributed by atoms with van der Waals surface area (Å²) in [5.74, 6) is 0. The Hall–Kier alpha value is -0.830. The molecule has 0 heterocycles. The number of hydrogen-bond donors (Lipinski definition) is 1. The van der Waals surface area contributed by atoms with Crippen LogP contribution in [0.25, 0.3) is 0 Å². The average molecular weight is 220 g/mol. The van der Waals surface area contributed by atoms with Gasteiger partial charge in [0.2, 0.25) is 0 Å². The zero-order valence-electron chi connectivity index (χ0n) is 7.81. The lowest BCUT2D eigenvalue weighted by Gasteiger charge is -2.12. The number of benzene rings is 1. The van der Waals surface area contributed by atoms with Gasteiger partial charge >= 0.3 is 0 Å². The number of anilines is 1. The first-order valence-electron chi connectivity index (χ1n) is 4.36. The minimum atomic E-state index is -2.35. The number of para-hydroxylation sites is 1. The molecular formula is C10H12ClF2N. The van der Waals surface area contributed by atoms with Crippen LogP contribution in [0.3, 0.4) is 0 Å². The van der Waals surface area contributed by atoms with E-state index in [1.54, 1.807) is 12.1 Å². The number of nitrogens with one attached hydrogen (secondary N) is 1. The molecule has 1 rings (SSSR count). The van der Waals surface area contributed by atoms with Crippen LogP contribution in [-0.4, -0.2) is 13.0 Å². The molecule has 0 aliphatic heterocycles. The lowest BCUT2D eigenvalue weighted by atomic mass is 10.1. The monoisotopic (exact) mass is 219 g/mol. The van der Waals surface area contributed by atoms with E-state index < -0.39 is 6.43 Å². The predicted molar refractivity (Wildman–Crippen MR) is 55.2 cm³/mol. The topological polar surface area (TPSA) is 12.0 Å². The highest BCUT2D eigenvalue weighted by atomic mass is 35.5. The fourth-order valence-electron chi connectivity index (χ4n) is 1.19. The van der Waals surface area contributed by atoms with Crippen molar-refractivity contribution >= 4 is 17.3 Å². The van der Waals surface area contributed by atoms with Crippen LogP contribution in [0, 0.1) is 0 Å².